The maximum absolute atomic E-state index is 10.7. The van der Waals surface area contributed by atoms with E-state index in [0.29, 0.717) is 0 Å². The van der Waals surface area contributed by atoms with Crippen LogP contribution in [0.25, 0.3) is 0 Å². The number of carbonyl (C=O) groups excluding carboxylic acids is 1. The Morgan fingerprint density at radius 1 is 1.31 bits per heavy atom. The minimum absolute atomic E-state index is 0.508. The van der Waals surface area contributed by atoms with Crippen molar-refractivity contribution in [1.29, 1.82) is 0 Å². The van der Waals surface area contributed by atoms with Crippen molar-refractivity contribution in [3.05, 3.63) is 0 Å². The largest absolute Gasteiger partial charge is 0.391 e. The quantitative estimate of drug-likeness (QED) is 0.503. The Kier molecular flexibility index (Phi) is 5.09. The molecule has 0 saturated carbocycles. The van der Waals surface area contributed by atoms with E-state index in [1.165, 1.54) is 21.0 Å². The molecular weight excluding hydrogens is 176 g/mol. The molecule has 3 N–H and O–H groups in total. The summed E-state index contributed by atoms with van der Waals surface area (Å²) >= 11 is 0. The van der Waals surface area contributed by atoms with Crippen LogP contribution in [0.5, 0.6) is 0 Å². The van der Waals surface area contributed by atoms with Gasteiger partial charge in [0.15, 0.2) is 5.78 Å². The lowest BCUT2D eigenvalue weighted by Gasteiger charge is -2.26. The predicted molar refractivity (Wildman–Crippen MR) is 45.2 cm³/mol. The van der Waals surface area contributed by atoms with Gasteiger partial charge in [-0.2, -0.15) is 0 Å². The number of ketones is 1. The van der Waals surface area contributed by atoms with E-state index in [4.69, 9.17) is 9.84 Å². The second kappa shape index (κ2) is 5.29. The van der Waals surface area contributed by atoms with Crippen LogP contribution in [-0.2, 0) is 9.53 Å². The Labute approximate surface area is 77.0 Å². The summed E-state index contributed by atoms with van der Waals surface area (Å²) in [7, 11) is 1.25. The van der Waals surface area contributed by atoms with Gasteiger partial charge in [-0.1, -0.05) is 0 Å². The molecule has 0 heterocycles. The summed E-state index contributed by atoms with van der Waals surface area (Å²) in [6, 6.07) is 0. The smallest absolute Gasteiger partial charge is 0.160 e. The number of ether oxygens (including phenoxy) is 1. The molecule has 0 amide bonds. The average molecular weight is 192 g/mol. The molecule has 13 heavy (non-hydrogen) atoms. The first-order chi connectivity index (χ1) is 5.91. The first kappa shape index (κ1) is 12.5. The lowest BCUT2D eigenvalue weighted by molar-refractivity contribution is -0.146. The average Bonchev–Trinajstić information content (AvgIpc) is 2.04. The van der Waals surface area contributed by atoms with Gasteiger partial charge in [-0.25, -0.2) is 0 Å². The van der Waals surface area contributed by atoms with Gasteiger partial charge >= 0.3 is 0 Å². The fraction of sp³-hybridized carbons (Fsp3) is 0.875. The third-order valence-corrected chi connectivity index (χ3v) is 1.83. The molecule has 0 aromatic rings. The molecule has 0 fully saturated rings. The normalized spacial score (nSPS) is 20.5. The Bertz CT molecular complexity index is 168. The Morgan fingerprint density at radius 2 is 1.77 bits per heavy atom. The molecule has 0 aromatic heterocycles. The molecule has 0 rings (SSSR count). The first-order valence-electron chi connectivity index (χ1n) is 3.99. The SMILES string of the molecule is CO[C@@H]([C@H](O)[C@H](C)O)[C@@H](O)C(C)=O. The molecule has 0 aliphatic carbocycles. The van der Waals surface area contributed by atoms with Gasteiger partial charge in [-0.15, -0.1) is 0 Å². The van der Waals surface area contributed by atoms with Crippen molar-refractivity contribution in [3.63, 3.8) is 0 Å². The van der Waals surface area contributed by atoms with Crippen molar-refractivity contribution in [1.82, 2.24) is 0 Å². The van der Waals surface area contributed by atoms with Gasteiger partial charge in [0, 0.05) is 7.11 Å². The predicted octanol–water partition coefficient (Wildman–Crippen LogP) is -1.31. The van der Waals surface area contributed by atoms with E-state index >= 15 is 0 Å². The topological polar surface area (TPSA) is 87.0 Å². The fourth-order valence-electron chi connectivity index (χ4n) is 0.961. The maximum atomic E-state index is 10.7. The summed E-state index contributed by atoms with van der Waals surface area (Å²) in [5.41, 5.74) is 0. The highest BCUT2D eigenvalue weighted by Crippen LogP contribution is 2.09. The molecule has 0 saturated heterocycles. The zero-order valence-electron chi connectivity index (χ0n) is 7.97. The van der Waals surface area contributed by atoms with Crippen molar-refractivity contribution in [2.75, 3.05) is 7.11 Å². The molecule has 0 bridgehead atoms. The Morgan fingerprint density at radius 3 is 2.00 bits per heavy atom. The summed E-state index contributed by atoms with van der Waals surface area (Å²) in [6.45, 7) is 2.54. The number of hydrogen-bond donors (Lipinski definition) is 3. The number of rotatable bonds is 5. The summed E-state index contributed by atoms with van der Waals surface area (Å²) in [5, 5.41) is 27.6. The van der Waals surface area contributed by atoms with Gasteiger partial charge in [0.2, 0.25) is 0 Å². The minimum atomic E-state index is -1.41. The highest BCUT2D eigenvalue weighted by molar-refractivity contribution is 5.80. The summed E-state index contributed by atoms with van der Waals surface area (Å²) in [4.78, 5) is 10.7. The maximum Gasteiger partial charge on any atom is 0.160 e. The van der Waals surface area contributed by atoms with Gasteiger partial charge < -0.3 is 20.1 Å². The molecule has 5 nitrogen and oxygen atoms in total. The van der Waals surface area contributed by atoms with Gasteiger partial charge in [-0.05, 0) is 13.8 Å². The third-order valence-electron chi connectivity index (χ3n) is 1.83. The second-order valence-corrected chi connectivity index (χ2v) is 2.99. The van der Waals surface area contributed by atoms with E-state index in [0.717, 1.165) is 0 Å². The monoisotopic (exact) mass is 192 g/mol. The third kappa shape index (κ3) is 3.40. The van der Waals surface area contributed by atoms with E-state index in [2.05, 4.69) is 0 Å². The van der Waals surface area contributed by atoms with Crippen molar-refractivity contribution >= 4 is 5.78 Å². The molecule has 0 aromatic carbocycles. The van der Waals surface area contributed by atoms with Crippen LogP contribution in [0.1, 0.15) is 13.8 Å². The Hall–Kier alpha value is -0.490. The number of aliphatic hydroxyl groups excluding tert-OH is 3. The van der Waals surface area contributed by atoms with Crippen LogP contribution in [0.3, 0.4) is 0 Å². The van der Waals surface area contributed by atoms with Gasteiger partial charge in [0.25, 0.3) is 0 Å². The summed E-state index contributed by atoms with van der Waals surface area (Å²) < 4.78 is 4.72. The van der Waals surface area contributed by atoms with Crippen molar-refractivity contribution < 1.29 is 24.9 Å². The lowest BCUT2D eigenvalue weighted by atomic mass is 10.0. The molecule has 4 atom stereocenters. The molecular formula is C8H16O5. The van der Waals surface area contributed by atoms with Gasteiger partial charge in [0.1, 0.15) is 18.3 Å². The van der Waals surface area contributed by atoms with E-state index < -0.39 is 30.2 Å². The van der Waals surface area contributed by atoms with Gasteiger partial charge in [-0.3, -0.25) is 4.79 Å². The van der Waals surface area contributed by atoms with E-state index in [1.807, 2.05) is 0 Å². The zero-order valence-corrected chi connectivity index (χ0v) is 7.97. The van der Waals surface area contributed by atoms with Crippen molar-refractivity contribution in [2.45, 2.75) is 38.3 Å². The van der Waals surface area contributed by atoms with Crippen LogP contribution in [-0.4, -0.2) is 52.6 Å². The molecule has 0 aliphatic rings. The Balaban J connectivity index is 4.40. The number of carbonyl (C=O) groups is 1. The highest BCUT2D eigenvalue weighted by atomic mass is 16.5. The van der Waals surface area contributed by atoms with Crippen LogP contribution >= 0.6 is 0 Å². The van der Waals surface area contributed by atoms with E-state index in [9.17, 15) is 15.0 Å². The highest BCUT2D eigenvalue weighted by Gasteiger charge is 2.32. The van der Waals surface area contributed by atoms with Crippen LogP contribution in [0.2, 0.25) is 0 Å². The van der Waals surface area contributed by atoms with Crippen molar-refractivity contribution in [2.24, 2.45) is 0 Å². The van der Waals surface area contributed by atoms with Crippen LogP contribution in [0.15, 0.2) is 0 Å². The molecule has 0 aliphatic heterocycles. The molecule has 0 radical (unpaired) electrons. The van der Waals surface area contributed by atoms with Gasteiger partial charge in [0.05, 0.1) is 6.10 Å². The lowest BCUT2D eigenvalue weighted by Crippen LogP contribution is -2.47. The van der Waals surface area contributed by atoms with Crippen LogP contribution < -0.4 is 0 Å². The molecule has 5 heteroatoms. The van der Waals surface area contributed by atoms with Crippen molar-refractivity contribution in [3.8, 4) is 0 Å². The zero-order chi connectivity index (χ0) is 10.6. The number of methoxy groups -OCH3 is 1. The summed E-state index contributed by atoms with van der Waals surface area (Å²) in [5.74, 6) is -0.508. The first-order valence-corrected chi connectivity index (χ1v) is 3.99. The second-order valence-electron chi connectivity index (χ2n) is 2.99. The molecule has 0 unspecified atom stereocenters. The van der Waals surface area contributed by atoms with Crippen LogP contribution in [0, 0.1) is 0 Å². The minimum Gasteiger partial charge on any atom is -0.391 e. The standard InChI is InChI=1S/C8H16O5/c1-4(9)6(11)8(13-3)7(12)5(2)10/h4,6-9,11-12H,1-3H3/t4-,6+,7-,8-/m0/s1. The summed E-state index contributed by atoms with van der Waals surface area (Å²) in [6.07, 6.45) is -4.82. The molecule has 0 spiro atoms. The number of hydrogen-bond acceptors (Lipinski definition) is 5. The number of Topliss-reactive ketones (excluding diaryl/α,β-unsaturated/α-hetero) is 1. The van der Waals surface area contributed by atoms with Crippen LogP contribution in [0.4, 0.5) is 0 Å². The number of aliphatic hydroxyl groups is 3. The fourth-order valence-corrected chi connectivity index (χ4v) is 0.961. The molecule has 78 valence electrons. The van der Waals surface area contributed by atoms with E-state index in [-0.39, 0.29) is 0 Å². The van der Waals surface area contributed by atoms with E-state index in [1.54, 1.807) is 0 Å².